The van der Waals surface area contributed by atoms with Gasteiger partial charge in [0.05, 0.1) is 16.0 Å². The minimum atomic E-state index is -3.65. The van der Waals surface area contributed by atoms with Crippen molar-refractivity contribution in [1.82, 2.24) is 0 Å². The maximum absolute atomic E-state index is 12.0. The molecular weight excluding hydrogens is 406 g/mol. The molecule has 0 amide bonds. The average Bonchev–Trinajstić information content (AvgIpc) is 2.59. The van der Waals surface area contributed by atoms with Crippen molar-refractivity contribution in [3.63, 3.8) is 0 Å². The van der Waals surface area contributed by atoms with Crippen molar-refractivity contribution in [3.05, 3.63) is 59.7 Å². The third kappa shape index (κ3) is 6.49. The van der Waals surface area contributed by atoms with Gasteiger partial charge < -0.3 is 5.73 Å². The standard InChI is InChI=1S/C17H19N3O4S3/c1-26(21,22)15-9-8-14(16(10-15)27(2,23)24)11-19-20-17(18)25-12-13-6-4-3-5-7-13/h3-11H,12H2,1-2H3,(H2,18,20). The fourth-order valence-corrected chi connectivity index (χ4v) is 4.31. The summed E-state index contributed by atoms with van der Waals surface area (Å²) in [6.45, 7) is 0. The molecule has 2 aromatic rings. The predicted octanol–water partition coefficient (Wildman–Crippen LogP) is 2.08. The van der Waals surface area contributed by atoms with Crippen molar-refractivity contribution in [1.29, 1.82) is 0 Å². The topological polar surface area (TPSA) is 119 Å². The molecule has 0 atom stereocenters. The summed E-state index contributed by atoms with van der Waals surface area (Å²) in [5, 5.41) is 7.89. The van der Waals surface area contributed by atoms with Crippen molar-refractivity contribution in [2.24, 2.45) is 15.9 Å². The van der Waals surface area contributed by atoms with Crippen LogP contribution in [0.4, 0.5) is 0 Å². The first kappa shape index (κ1) is 21.1. The van der Waals surface area contributed by atoms with Crippen LogP contribution >= 0.6 is 11.8 Å². The van der Waals surface area contributed by atoms with E-state index in [9.17, 15) is 16.8 Å². The quantitative estimate of drug-likeness (QED) is 0.430. The molecule has 0 fully saturated rings. The second kappa shape index (κ2) is 8.68. The molecular formula is C17H19N3O4S3. The van der Waals surface area contributed by atoms with Gasteiger partial charge >= 0.3 is 0 Å². The van der Waals surface area contributed by atoms with Crippen molar-refractivity contribution < 1.29 is 16.8 Å². The zero-order valence-corrected chi connectivity index (χ0v) is 17.2. The zero-order valence-electron chi connectivity index (χ0n) is 14.7. The lowest BCUT2D eigenvalue weighted by Gasteiger charge is -2.06. The molecule has 27 heavy (non-hydrogen) atoms. The fraction of sp³-hybridized carbons (Fsp3) is 0.176. The molecule has 0 spiro atoms. The maximum Gasteiger partial charge on any atom is 0.180 e. The van der Waals surface area contributed by atoms with E-state index in [-0.39, 0.29) is 20.5 Å². The van der Waals surface area contributed by atoms with E-state index < -0.39 is 19.7 Å². The van der Waals surface area contributed by atoms with Gasteiger partial charge in [0.1, 0.15) is 0 Å². The molecule has 2 aromatic carbocycles. The molecule has 2 rings (SSSR count). The summed E-state index contributed by atoms with van der Waals surface area (Å²) in [5.74, 6) is 0.628. The largest absolute Gasteiger partial charge is 0.377 e. The van der Waals surface area contributed by atoms with E-state index in [2.05, 4.69) is 10.2 Å². The van der Waals surface area contributed by atoms with E-state index in [1.54, 1.807) is 0 Å². The first-order chi connectivity index (χ1) is 12.6. The van der Waals surface area contributed by atoms with Crippen LogP contribution in [-0.2, 0) is 25.4 Å². The van der Waals surface area contributed by atoms with Crippen LogP contribution in [0.3, 0.4) is 0 Å². The van der Waals surface area contributed by atoms with Crippen molar-refractivity contribution in [2.45, 2.75) is 15.5 Å². The second-order valence-electron chi connectivity index (χ2n) is 5.70. The van der Waals surface area contributed by atoms with Gasteiger partial charge in [-0.3, -0.25) is 0 Å². The first-order valence-electron chi connectivity index (χ1n) is 7.65. The van der Waals surface area contributed by atoms with E-state index in [0.29, 0.717) is 5.75 Å². The van der Waals surface area contributed by atoms with Gasteiger partial charge in [0.15, 0.2) is 24.8 Å². The number of sulfone groups is 2. The lowest BCUT2D eigenvalue weighted by atomic mass is 10.2. The highest BCUT2D eigenvalue weighted by Crippen LogP contribution is 2.20. The Kier molecular flexibility index (Phi) is 6.79. The molecule has 7 nitrogen and oxygen atoms in total. The summed E-state index contributed by atoms with van der Waals surface area (Å²) in [4.78, 5) is -0.221. The third-order valence-corrected chi connectivity index (χ3v) is 6.51. The Balaban J connectivity index is 2.20. The second-order valence-corrected chi connectivity index (χ2v) is 10.7. The van der Waals surface area contributed by atoms with Crippen molar-refractivity contribution in [2.75, 3.05) is 12.5 Å². The number of amidine groups is 1. The minimum Gasteiger partial charge on any atom is -0.377 e. The number of hydrogen-bond donors (Lipinski definition) is 1. The Bertz CT molecular complexity index is 1080. The fourth-order valence-electron chi connectivity index (χ4n) is 2.08. The molecule has 0 aliphatic rings. The Morgan fingerprint density at radius 2 is 1.70 bits per heavy atom. The normalized spacial score (nSPS) is 13.2. The van der Waals surface area contributed by atoms with Gasteiger partial charge in [-0.2, -0.15) is 5.10 Å². The summed E-state index contributed by atoms with van der Waals surface area (Å²) >= 11 is 1.30. The highest BCUT2D eigenvalue weighted by molar-refractivity contribution is 8.13. The van der Waals surface area contributed by atoms with Crippen LogP contribution < -0.4 is 5.73 Å². The number of thioether (sulfide) groups is 1. The van der Waals surface area contributed by atoms with Crippen LogP contribution in [0.2, 0.25) is 0 Å². The van der Waals surface area contributed by atoms with Crippen molar-refractivity contribution >= 4 is 42.8 Å². The van der Waals surface area contributed by atoms with Crippen LogP contribution in [-0.4, -0.2) is 40.7 Å². The molecule has 0 saturated heterocycles. The van der Waals surface area contributed by atoms with Crippen molar-refractivity contribution in [3.8, 4) is 0 Å². The molecule has 2 N–H and O–H groups in total. The molecule has 144 valence electrons. The SMILES string of the molecule is CS(=O)(=O)c1ccc(C=NN=C(N)SCc2ccccc2)c(S(C)(=O)=O)c1. The first-order valence-corrected chi connectivity index (χ1v) is 12.4. The smallest absolute Gasteiger partial charge is 0.180 e. The number of nitrogens with two attached hydrogens (primary N) is 1. The van der Waals surface area contributed by atoms with Crippen LogP contribution in [0.25, 0.3) is 0 Å². The summed E-state index contributed by atoms with van der Waals surface area (Å²) < 4.78 is 47.2. The molecule has 0 aliphatic heterocycles. The minimum absolute atomic E-state index is 0.0819. The van der Waals surface area contributed by atoms with E-state index >= 15 is 0 Å². The summed E-state index contributed by atoms with van der Waals surface area (Å²) in [6, 6.07) is 13.5. The highest BCUT2D eigenvalue weighted by Gasteiger charge is 2.17. The average molecular weight is 426 g/mol. The van der Waals surface area contributed by atoms with E-state index in [0.717, 1.165) is 24.1 Å². The summed E-state index contributed by atoms with van der Waals surface area (Å²) in [7, 11) is -7.18. The third-order valence-electron chi connectivity index (χ3n) is 3.40. The van der Waals surface area contributed by atoms with E-state index in [4.69, 9.17) is 5.73 Å². The van der Waals surface area contributed by atoms with Gasteiger partial charge in [-0.25, -0.2) is 16.8 Å². The van der Waals surface area contributed by atoms with Crippen LogP contribution in [0.5, 0.6) is 0 Å². The van der Waals surface area contributed by atoms with Gasteiger partial charge in [-0.1, -0.05) is 48.2 Å². The van der Waals surface area contributed by atoms with E-state index in [1.807, 2.05) is 30.3 Å². The molecule has 0 aliphatic carbocycles. The van der Waals surface area contributed by atoms with Gasteiger partial charge in [0.2, 0.25) is 0 Å². The Labute approximate surface area is 163 Å². The molecule has 0 bridgehead atoms. The predicted molar refractivity (Wildman–Crippen MR) is 110 cm³/mol. The summed E-state index contributed by atoms with van der Waals surface area (Å²) in [5.41, 5.74) is 7.11. The zero-order chi connectivity index (χ0) is 20.1. The molecule has 0 heterocycles. The highest BCUT2D eigenvalue weighted by atomic mass is 32.2. The number of nitrogens with zero attached hydrogens (tertiary/aromatic N) is 2. The molecule has 10 heteroatoms. The van der Waals surface area contributed by atoms with Crippen LogP contribution in [0.1, 0.15) is 11.1 Å². The van der Waals surface area contributed by atoms with Gasteiger partial charge in [0, 0.05) is 23.8 Å². The number of hydrogen-bond acceptors (Lipinski definition) is 7. The van der Waals surface area contributed by atoms with Gasteiger partial charge in [0.25, 0.3) is 0 Å². The van der Waals surface area contributed by atoms with Crippen LogP contribution in [0.15, 0.2) is 68.5 Å². The molecule has 0 aromatic heterocycles. The van der Waals surface area contributed by atoms with Gasteiger partial charge in [-0.05, 0) is 17.7 Å². The molecule has 0 saturated carbocycles. The number of rotatable bonds is 6. The van der Waals surface area contributed by atoms with Crippen LogP contribution in [0, 0.1) is 0 Å². The summed E-state index contributed by atoms with van der Waals surface area (Å²) in [6.07, 6.45) is 3.24. The lowest BCUT2D eigenvalue weighted by Crippen LogP contribution is -2.07. The van der Waals surface area contributed by atoms with Gasteiger partial charge in [-0.15, -0.1) is 5.10 Å². The maximum atomic E-state index is 12.0. The monoisotopic (exact) mass is 425 g/mol. The lowest BCUT2D eigenvalue weighted by molar-refractivity contribution is 0.600. The molecule has 0 radical (unpaired) electrons. The Hall–Kier alpha value is -2.17. The molecule has 0 unspecified atom stereocenters. The van der Waals surface area contributed by atoms with E-state index in [1.165, 1.54) is 30.1 Å². The Morgan fingerprint density at radius 1 is 1.04 bits per heavy atom. The number of benzene rings is 2. The Morgan fingerprint density at radius 3 is 2.30 bits per heavy atom.